The molecule has 20 heteroatoms. The number of aromatic nitrogens is 2. The maximum atomic E-state index is 14.1. The van der Waals surface area contributed by atoms with E-state index in [-0.39, 0.29) is 35.2 Å². The Hall–Kier alpha value is -4.20. The van der Waals surface area contributed by atoms with Gasteiger partial charge in [0.2, 0.25) is 0 Å². The Balaban J connectivity index is 0.000000920. The van der Waals surface area contributed by atoms with E-state index in [1.54, 1.807) is 14.1 Å². The van der Waals surface area contributed by atoms with Gasteiger partial charge in [-0.1, -0.05) is 31.7 Å². The number of allylic oxidation sites excluding steroid dienone is 1. The monoisotopic (exact) mass is 759 g/mol. The minimum Gasteiger partial charge on any atom is -0.383 e. The quantitative estimate of drug-likeness (QED) is 0.0765. The van der Waals surface area contributed by atoms with Gasteiger partial charge in [0.1, 0.15) is 0 Å². The second-order valence-electron chi connectivity index (χ2n) is 10.9. The highest BCUT2D eigenvalue weighted by molar-refractivity contribution is 6.06. The fourth-order valence-corrected chi connectivity index (χ4v) is 4.81. The molecule has 5 N–H and O–H groups in total. The lowest BCUT2D eigenvalue weighted by molar-refractivity contribution is -0.349. The van der Waals surface area contributed by atoms with Crippen molar-refractivity contribution in [2.45, 2.75) is 71.2 Å². The van der Waals surface area contributed by atoms with E-state index in [4.69, 9.17) is 0 Å². The minimum absolute atomic E-state index is 0. The number of halogens is 14. The zero-order valence-electron chi connectivity index (χ0n) is 26.9. The SMILES string of the molecule is C.Cc1cc(C(F)(C(F)(F)F)C(F)(F)F)cc(C)c1-c1ccn[nH]1.Cc1cc(C(F)(C(F)(F)F)C(F)(F)F)cc(C)c1C(=O)C=CN(C)C.NN. The molecule has 0 saturated carbocycles. The number of rotatable bonds is 6. The Morgan fingerprint density at radius 1 is 0.667 bits per heavy atom. The van der Waals surface area contributed by atoms with Crippen LogP contribution in [0.3, 0.4) is 0 Å². The van der Waals surface area contributed by atoms with Crippen LogP contribution in [0.15, 0.2) is 48.8 Å². The standard InChI is InChI=1S/C16H16F7NO.C14H11F7N2.CH4.H4N2/c1-9-7-11(14(17,15(18,19)20)16(21,22)23)8-10(2)13(9)12(25)5-6-24(3)4;1-7-5-9(12(15,13(16,17)18)14(19,20)21)6-8(2)11(7)10-3-4-22-23-10;;1-2/h5-8H,1-4H3;3-6H,1-2H3,(H,22,23);1H4;1-2H2. The number of aryl methyl sites for hydroxylation is 4. The van der Waals surface area contributed by atoms with E-state index >= 15 is 0 Å². The molecule has 0 unspecified atom stereocenters. The van der Waals surface area contributed by atoms with E-state index < -0.39 is 53.0 Å². The maximum absolute atomic E-state index is 14.1. The zero-order valence-corrected chi connectivity index (χ0v) is 26.9. The van der Waals surface area contributed by atoms with Crippen molar-refractivity contribution in [3.63, 3.8) is 0 Å². The molecule has 6 nitrogen and oxygen atoms in total. The summed E-state index contributed by atoms with van der Waals surface area (Å²) < 4.78 is 182. The number of H-pyrrole nitrogens is 1. The molecular weight excluding hydrogens is 724 g/mol. The number of benzene rings is 2. The van der Waals surface area contributed by atoms with Gasteiger partial charge in [-0.25, -0.2) is 8.78 Å². The number of hydrogen-bond donors (Lipinski definition) is 3. The highest BCUT2D eigenvalue weighted by atomic mass is 19.4. The number of carbonyl (C=O) groups excluding carboxylic acids is 1. The number of carbonyl (C=O) groups is 1. The average Bonchev–Trinajstić information content (AvgIpc) is 3.47. The van der Waals surface area contributed by atoms with E-state index in [1.807, 2.05) is 0 Å². The summed E-state index contributed by atoms with van der Waals surface area (Å²) in [6, 6.07) is 3.44. The Morgan fingerprint density at radius 3 is 1.27 bits per heavy atom. The molecular formula is C31H35F14N5O. The van der Waals surface area contributed by atoms with Crippen LogP contribution in [0, 0.1) is 27.7 Å². The number of alkyl halides is 14. The number of nitrogens with zero attached hydrogens (tertiary/aromatic N) is 2. The smallest absolute Gasteiger partial charge is 0.383 e. The predicted octanol–water partition coefficient (Wildman–Crippen LogP) is 9.29. The van der Waals surface area contributed by atoms with Crippen molar-refractivity contribution >= 4 is 5.78 Å². The van der Waals surface area contributed by atoms with E-state index in [9.17, 15) is 66.3 Å². The van der Waals surface area contributed by atoms with Crippen molar-refractivity contribution in [1.82, 2.24) is 15.1 Å². The zero-order chi connectivity index (χ0) is 39.4. The Bertz CT molecular complexity index is 1560. The first-order valence-corrected chi connectivity index (χ1v) is 13.6. The van der Waals surface area contributed by atoms with Crippen molar-refractivity contribution in [3.8, 4) is 11.3 Å². The summed E-state index contributed by atoms with van der Waals surface area (Å²) in [6.07, 6.45) is -20.8. The number of hydrazine groups is 1. The van der Waals surface area contributed by atoms with Crippen LogP contribution in [0.2, 0.25) is 0 Å². The van der Waals surface area contributed by atoms with Gasteiger partial charge in [-0.15, -0.1) is 0 Å². The largest absolute Gasteiger partial charge is 0.435 e. The van der Waals surface area contributed by atoms with Crippen LogP contribution < -0.4 is 11.7 Å². The highest BCUT2D eigenvalue weighted by Gasteiger charge is 2.74. The van der Waals surface area contributed by atoms with Crippen LogP contribution in [0.4, 0.5) is 61.5 Å². The Labute approximate surface area is 283 Å². The van der Waals surface area contributed by atoms with Crippen molar-refractivity contribution in [2.24, 2.45) is 11.7 Å². The molecule has 2 aromatic carbocycles. The third-order valence-electron chi connectivity index (χ3n) is 6.96. The second kappa shape index (κ2) is 16.4. The maximum Gasteiger partial charge on any atom is 0.435 e. The summed E-state index contributed by atoms with van der Waals surface area (Å²) in [5.41, 5.74) is -13.6. The fraction of sp³-hybridized carbons (Fsp3) is 0.419. The van der Waals surface area contributed by atoms with Gasteiger partial charge >= 0.3 is 36.0 Å². The average molecular weight is 760 g/mol. The molecule has 0 aliphatic carbocycles. The van der Waals surface area contributed by atoms with E-state index in [0.29, 0.717) is 35.5 Å². The molecule has 0 aliphatic heterocycles. The first kappa shape index (κ1) is 46.8. The van der Waals surface area contributed by atoms with Crippen LogP contribution in [0.5, 0.6) is 0 Å². The number of hydrogen-bond acceptors (Lipinski definition) is 5. The summed E-state index contributed by atoms with van der Waals surface area (Å²) in [5.74, 6) is 7.39. The molecule has 0 saturated heterocycles. The predicted molar refractivity (Wildman–Crippen MR) is 161 cm³/mol. The molecule has 288 valence electrons. The minimum atomic E-state index is -6.19. The van der Waals surface area contributed by atoms with Gasteiger partial charge in [0.25, 0.3) is 0 Å². The van der Waals surface area contributed by atoms with Gasteiger partial charge in [-0.3, -0.25) is 21.6 Å². The van der Waals surface area contributed by atoms with Crippen molar-refractivity contribution in [2.75, 3.05) is 14.1 Å². The second-order valence-corrected chi connectivity index (χ2v) is 10.9. The molecule has 0 aliphatic rings. The lowest BCUT2D eigenvalue weighted by atomic mass is 9.88. The Morgan fingerprint density at radius 2 is 1.00 bits per heavy atom. The molecule has 3 aromatic rings. The van der Waals surface area contributed by atoms with Crippen LogP contribution >= 0.6 is 0 Å². The van der Waals surface area contributed by atoms with Crippen LogP contribution in [-0.4, -0.2) is 59.7 Å². The van der Waals surface area contributed by atoms with Crippen molar-refractivity contribution in [3.05, 3.63) is 87.7 Å². The van der Waals surface area contributed by atoms with Crippen LogP contribution in [0.25, 0.3) is 11.3 Å². The van der Waals surface area contributed by atoms with Gasteiger partial charge in [0.15, 0.2) is 5.78 Å². The lowest BCUT2D eigenvalue weighted by Crippen LogP contribution is -2.50. The summed E-state index contributed by atoms with van der Waals surface area (Å²) in [4.78, 5) is 13.6. The molecule has 51 heavy (non-hydrogen) atoms. The molecule has 0 bridgehead atoms. The number of ketones is 1. The van der Waals surface area contributed by atoms with Gasteiger partial charge in [0, 0.05) is 54.8 Å². The van der Waals surface area contributed by atoms with E-state index in [1.165, 1.54) is 37.2 Å². The molecule has 1 aromatic heterocycles. The summed E-state index contributed by atoms with van der Waals surface area (Å²) in [5, 5.41) is 6.24. The normalized spacial score (nSPS) is 12.7. The molecule has 1 heterocycles. The highest BCUT2D eigenvalue weighted by Crippen LogP contribution is 2.55. The first-order valence-electron chi connectivity index (χ1n) is 13.6. The molecule has 0 spiro atoms. The summed E-state index contributed by atoms with van der Waals surface area (Å²) in [7, 11) is 3.24. The molecule has 0 atom stereocenters. The van der Waals surface area contributed by atoms with Crippen LogP contribution in [0.1, 0.15) is 51.2 Å². The first-order chi connectivity index (χ1) is 22.5. The topological polar surface area (TPSA) is 101 Å². The van der Waals surface area contributed by atoms with Gasteiger partial charge in [-0.2, -0.15) is 57.8 Å². The van der Waals surface area contributed by atoms with E-state index in [0.717, 1.165) is 19.9 Å². The molecule has 3 rings (SSSR count). The third-order valence-corrected chi connectivity index (χ3v) is 6.96. The van der Waals surface area contributed by atoms with Gasteiger partial charge in [0.05, 0.1) is 5.69 Å². The fourth-order valence-electron chi connectivity index (χ4n) is 4.81. The van der Waals surface area contributed by atoms with E-state index in [2.05, 4.69) is 21.9 Å². The molecule has 0 amide bonds. The summed E-state index contributed by atoms with van der Waals surface area (Å²) in [6.45, 7) is 4.92. The van der Waals surface area contributed by atoms with Gasteiger partial charge < -0.3 is 4.90 Å². The van der Waals surface area contributed by atoms with Crippen LogP contribution in [-0.2, 0) is 11.3 Å². The molecule has 0 radical (unpaired) electrons. The van der Waals surface area contributed by atoms with Crippen molar-refractivity contribution in [1.29, 1.82) is 0 Å². The van der Waals surface area contributed by atoms with Crippen molar-refractivity contribution < 1.29 is 66.3 Å². The van der Waals surface area contributed by atoms with Gasteiger partial charge in [-0.05, 0) is 56.0 Å². The number of nitrogens with two attached hydrogens (primary N) is 2. The lowest BCUT2D eigenvalue weighted by Gasteiger charge is -2.31. The summed E-state index contributed by atoms with van der Waals surface area (Å²) >= 11 is 0. The molecule has 0 fully saturated rings. The number of nitrogens with one attached hydrogen (secondary N) is 1. The Kier molecular flexibility index (Phi) is 15.1. The number of aromatic amines is 1. The third kappa shape index (κ3) is 9.57.